The van der Waals surface area contributed by atoms with Gasteiger partial charge in [-0.2, -0.15) is 5.10 Å². The molecule has 1 unspecified atom stereocenters. The van der Waals surface area contributed by atoms with Gasteiger partial charge in [-0.25, -0.2) is 0 Å². The fraction of sp³-hybridized carbons (Fsp3) is 0.800. The predicted octanol–water partition coefficient (Wildman–Crippen LogP) is 2.32. The van der Waals surface area contributed by atoms with Gasteiger partial charge in [0, 0.05) is 38.8 Å². The normalized spacial score (nSPS) is 28.0. The molecule has 0 amide bonds. The Bertz CT molecular complexity index is 494. The number of halogens is 1. The summed E-state index contributed by atoms with van der Waals surface area (Å²) in [6.45, 7) is 8.94. The Kier molecular flexibility index (Phi) is 3.95. The van der Waals surface area contributed by atoms with Crippen LogP contribution in [0, 0.1) is 5.92 Å². The lowest BCUT2D eigenvalue weighted by molar-refractivity contribution is 0.0461. The first-order valence-corrected chi connectivity index (χ1v) is 8.51. The maximum absolute atomic E-state index is 4.63. The molecule has 1 N–H and O–H groups in total. The lowest BCUT2D eigenvalue weighted by Crippen LogP contribution is -2.60. The van der Waals surface area contributed by atoms with Crippen molar-refractivity contribution in [2.75, 3.05) is 19.6 Å². The Morgan fingerprint density at radius 3 is 2.80 bits per heavy atom. The van der Waals surface area contributed by atoms with Gasteiger partial charge in [0.25, 0.3) is 0 Å². The van der Waals surface area contributed by atoms with Gasteiger partial charge < -0.3 is 5.32 Å². The summed E-state index contributed by atoms with van der Waals surface area (Å²) < 4.78 is 3.26. The van der Waals surface area contributed by atoms with Gasteiger partial charge in [0.05, 0.1) is 15.9 Å². The molecule has 1 aromatic heterocycles. The van der Waals surface area contributed by atoms with Crippen LogP contribution in [0.4, 0.5) is 0 Å². The van der Waals surface area contributed by atoms with E-state index < -0.39 is 0 Å². The van der Waals surface area contributed by atoms with Crippen LogP contribution in [0.5, 0.6) is 0 Å². The van der Waals surface area contributed by atoms with Crippen molar-refractivity contribution >= 4 is 15.9 Å². The number of nitrogens with one attached hydrogen (secondary N) is 1. The highest BCUT2D eigenvalue weighted by atomic mass is 79.9. The predicted molar refractivity (Wildman–Crippen MR) is 84.7 cm³/mol. The van der Waals surface area contributed by atoms with Crippen LogP contribution in [0.2, 0.25) is 0 Å². The largest absolute Gasteiger partial charge is 0.314 e. The highest BCUT2D eigenvalue weighted by Crippen LogP contribution is 2.44. The van der Waals surface area contributed by atoms with Crippen molar-refractivity contribution in [3.63, 3.8) is 0 Å². The van der Waals surface area contributed by atoms with Crippen LogP contribution in [0.15, 0.2) is 4.47 Å². The maximum atomic E-state index is 4.63. The van der Waals surface area contributed by atoms with Crippen molar-refractivity contribution in [1.29, 1.82) is 0 Å². The zero-order valence-corrected chi connectivity index (χ0v) is 14.3. The van der Waals surface area contributed by atoms with Crippen molar-refractivity contribution in [3.8, 4) is 0 Å². The summed E-state index contributed by atoms with van der Waals surface area (Å²) in [5.41, 5.74) is 2.80. The number of piperazine rings is 1. The second kappa shape index (κ2) is 5.43. The van der Waals surface area contributed by atoms with Crippen molar-refractivity contribution in [2.45, 2.75) is 45.2 Å². The molecule has 1 aromatic rings. The lowest BCUT2D eigenvalue weighted by Gasteiger charge is -2.46. The molecular weight excluding hydrogens is 316 g/mol. The van der Waals surface area contributed by atoms with Crippen LogP contribution in [0.3, 0.4) is 0 Å². The van der Waals surface area contributed by atoms with E-state index in [0.717, 1.165) is 38.5 Å². The highest BCUT2D eigenvalue weighted by molar-refractivity contribution is 9.10. The van der Waals surface area contributed by atoms with Crippen LogP contribution in [0.25, 0.3) is 0 Å². The summed E-state index contributed by atoms with van der Waals surface area (Å²) in [7, 11) is 2.07. The SMILES string of the molecule is CCc1nn(C)c(CN2CCNCC2(C)C2CC2)c1Br. The van der Waals surface area contributed by atoms with E-state index in [2.05, 4.69) is 56.8 Å². The summed E-state index contributed by atoms with van der Waals surface area (Å²) in [6.07, 6.45) is 3.76. The third-order valence-corrected chi connectivity index (χ3v) is 5.98. The van der Waals surface area contributed by atoms with E-state index in [0.29, 0.717) is 5.54 Å². The molecule has 1 saturated carbocycles. The Morgan fingerprint density at radius 1 is 1.45 bits per heavy atom. The zero-order chi connectivity index (χ0) is 14.3. The van der Waals surface area contributed by atoms with Gasteiger partial charge in [-0.3, -0.25) is 9.58 Å². The molecule has 0 spiro atoms. The molecule has 2 aliphatic rings. The van der Waals surface area contributed by atoms with Crippen molar-refractivity contribution in [1.82, 2.24) is 20.0 Å². The molecule has 1 saturated heterocycles. The average Bonchev–Trinajstić information content (AvgIpc) is 3.24. The molecular formula is C15H25BrN4. The van der Waals surface area contributed by atoms with Gasteiger partial charge in [0.1, 0.15) is 0 Å². The smallest absolute Gasteiger partial charge is 0.0767 e. The van der Waals surface area contributed by atoms with E-state index in [1.165, 1.54) is 28.7 Å². The second-order valence-corrected chi connectivity index (χ2v) is 7.21. The monoisotopic (exact) mass is 340 g/mol. The molecule has 1 atom stereocenters. The van der Waals surface area contributed by atoms with Crippen molar-refractivity contribution in [2.24, 2.45) is 13.0 Å². The number of aryl methyl sites for hydroxylation is 2. The minimum absolute atomic E-state index is 0.314. The highest BCUT2D eigenvalue weighted by Gasteiger charge is 2.46. The van der Waals surface area contributed by atoms with E-state index in [1.54, 1.807) is 0 Å². The van der Waals surface area contributed by atoms with E-state index in [4.69, 9.17) is 0 Å². The molecule has 112 valence electrons. The van der Waals surface area contributed by atoms with Crippen LogP contribution in [-0.4, -0.2) is 39.9 Å². The Labute approximate surface area is 130 Å². The van der Waals surface area contributed by atoms with E-state index >= 15 is 0 Å². The van der Waals surface area contributed by atoms with Crippen LogP contribution in [-0.2, 0) is 20.0 Å². The number of aromatic nitrogens is 2. The van der Waals surface area contributed by atoms with Crippen LogP contribution < -0.4 is 5.32 Å². The van der Waals surface area contributed by atoms with Gasteiger partial charge in [-0.05, 0) is 48.0 Å². The van der Waals surface area contributed by atoms with Gasteiger partial charge in [-0.15, -0.1) is 0 Å². The summed E-state index contributed by atoms with van der Waals surface area (Å²) in [6, 6.07) is 0. The fourth-order valence-corrected chi connectivity index (χ4v) is 4.20. The van der Waals surface area contributed by atoms with E-state index in [1.807, 2.05) is 0 Å². The molecule has 3 rings (SSSR count). The standard InChI is InChI=1S/C15H25BrN4/c1-4-12-14(16)13(19(3)18-12)9-20-8-7-17-10-15(20,2)11-5-6-11/h11,17H,4-10H2,1-3H3. The quantitative estimate of drug-likeness (QED) is 0.912. The molecule has 4 nitrogen and oxygen atoms in total. The summed E-state index contributed by atoms with van der Waals surface area (Å²) in [5.74, 6) is 0.868. The van der Waals surface area contributed by atoms with Gasteiger partial charge in [0.2, 0.25) is 0 Å². The van der Waals surface area contributed by atoms with E-state index in [-0.39, 0.29) is 0 Å². The molecule has 0 aromatic carbocycles. The third kappa shape index (κ3) is 2.44. The fourth-order valence-electron chi connectivity index (χ4n) is 3.46. The molecule has 20 heavy (non-hydrogen) atoms. The van der Waals surface area contributed by atoms with Gasteiger partial charge in [0.15, 0.2) is 0 Å². The molecule has 0 bridgehead atoms. The Hall–Kier alpha value is -0.390. The molecule has 2 heterocycles. The molecule has 1 aliphatic heterocycles. The number of nitrogens with zero attached hydrogens (tertiary/aromatic N) is 3. The first-order chi connectivity index (χ1) is 9.56. The number of hydrogen-bond donors (Lipinski definition) is 1. The minimum atomic E-state index is 0.314. The Morgan fingerprint density at radius 2 is 2.20 bits per heavy atom. The van der Waals surface area contributed by atoms with E-state index in [9.17, 15) is 0 Å². The van der Waals surface area contributed by atoms with Gasteiger partial charge >= 0.3 is 0 Å². The summed E-state index contributed by atoms with van der Waals surface area (Å²) >= 11 is 3.75. The minimum Gasteiger partial charge on any atom is -0.314 e. The number of hydrogen-bond acceptors (Lipinski definition) is 3. The maximum Gasteiger partial charge on any atom is 0.0767 e. The third-order valence-electron chi connectivity index (χ3n) is 5.06. The van der Waals surface area contributed by atoms with Gasteiger partial charge in [-0.1, -0.05) is 6.92 Å². The zero-order valence-electron chi connectivity index (χ0n) is 12.7. The van der Waals surface area contributed by atoms with Crippen molar-refractivity contribution < 1.29 is 0 Å². The first kappa shape index (κ1) is 14.5. The summed E-state index contributed by atoms with van der Waals surface area (Å²) in [4.78, 5) is 2.67. The summed E-state index contributed by atoms with van der Waals surface area (Å²) in [5, 5.41) is 8.21. The Balaban J connectivity index is 1.84. The molecule has 2 fully saturated rings. The first-order valence-electron chi connectivity index (χ1n) is 7.72. The second-order valence-electron chi connectivity index (χ2n) is 6.41. The topological polar surface area (TPSA) is 33.1 Å². The molecule has 5 heteroatoms. The van der Waals surface area contributed by atoms with Crippen LogP contribution in [0.1, 0.15) is 38.1 Å². The molecule has 1 aliphatic carbocycles. The lowest BCUT2D eigenvalue weighted by atomic mass is 9.91. The average molecular weight is 341 g/mol. The van der Waals surface area contributed by atoms with Crippen LogP contribution >= 0.6 is 15.9 Å². The van der Waals surface area contributed by atoms with Crippen molar-refractivity contribution in [3.05, 3.63) is 15.9 Å². The number of rotatable bonds is 4. The molecule has 0 radical (unpaired) electrons.